The molecule has 162 valence electrons. The number of hydrogen-bond acceptors (Lipinski definition) is 4. The molecule has 1 saturated heterocycles. The number of sulfone groups is 1. The lowest BCUT2D eigenvalue weighted by molar-refractivity contribution is 0.0681. The van der Waals surface area contributed by atoms with E-state index in [1.807, 2.05) is 18.2 Å². The summed E-state index contributed by atoms with van der Waals surface area (Å²) in [5.41, 5.74) is 1.31. The van der Waals surface area contributed by atoms with Crippen LogP contribution in [0.1, 0.15) is 48.5 Å². The summed E-state index contributed by atoms with van der Waals surface area (Å²) in [6.07, 6.45) is 3.70. The molecule has 0 radical (unpaired) electrons. The van der Waals surface area contributed by atoms with E-state index in [-0.39, 0.29) is 30.0 Å². The van der Waals surface area contributed by atoms with Gasteiger partial charge in [-0.1, -0.05) is 49.6 Å². The van der Waals surface area contributed by atoms with Crippen molar-refractivity contribution in [2.45, 2.75) is 45.2 Å². The average Bonchev–Trinajstić information content (AvgIpc) is 3.10. The fourth-order valence-corrected chi connectivity index (χ4v) is 5.53. The van der Waals surface area contributed by atoms with Crippen LogP contribution in [0.25, 0.3) is 0 Å². The van der Waals surface area contributed by atoms with Crippen molar-refractivity contribution >= 4 is 27.3 Å². The molecule has 1 aliphatic rings. The third-order valence-corrected chi connectivity index (χ3v) is 7.45. The summed E-state index contributed by atoms with van der Waals surface area (Å²) in [6, 6.07) is 14.0. The average molecular weight is 450 g/mol. The predicted molar refractivity (Wildman–Crippen MR) is 120 cm³/mol. The van der Waals surface area contributed by atoms with E-state index in [2.05, 4.69) is 6.92 Å². The number of unbranched alkanes of at least 4 members (excludes halogenated alkanes) is 2. The number of carbonyl (C=O) groups is 1. The highest BCUT2D eigenvalue weighted by Crippen LogP contribution is 2.25. The van der Waals surface area contributed by atoms with Gasteiger partial charge in [0.1, 0.15) is 5.75 Å². The monoisotopic (exact) mass is 449 g/mol. The first-order valence-corrected chi connectivity index (χ1v) is 12.6. The number of benzene rings is 2. The van der Waals surface area contributed by atoms with Crippen molar-refractivity contribution in [2.24, 2.45) is 0 Å². The molecule has 0 aliphatic carbocycles. The van der Waals surface area contributed by atoms with Gasteiger partial charge in [0.05, 0.1) is 18.1 Å². The highest BCUT2D eigenvalue weighted by molar-refractivity contribution is 7.91. The van der Waals surface area contributed by atoms with Crippen LogP contribution in [-0.2, 0) is 16.4 Å². The fraction of sp³-hybridized carbons (Fsp3) is 0.435. The van der Waals surface area contributed by atoms with Crippen molar-refractivity contribution in [3.05, 3.63) is 64.7 Å². The van der Waals surface area contributed by atoms with Crippen molar-refractivity contribution in [3.8, 4) is 5.75 Å². The van der Waals surface area contributed by atoms with Gasteiger partial charge >= 0.3 is 0 Å². The number of carbonyl (C=O) groups excluding carboxylic acids is 1. The van der Waals surface area contributed by atoms with E-state index >= 15 is 0 Å². The Morgan fingerprint density at radius 2 is 1.87 bits per heavy atom. The van der Waals surface area contributed by atoms with Gasteiger partial charge in [0.2, 0.25) is 0 Å². The first-order valence-electron chi connectivity index (χ1n) is 10.4. The molecule has 0 aromatic heterocycles. The van der Waals surface area contributed by atoms with E-state index in [1.54, 1.807) is 35.2 Å². The zero-order valence-electron chi connectivity index (χ0n) is 17.2. The Kier molecular flexibility index (Phi) is 7.78. The highest BCUT2D eigenvalue weighted by atomic mass is 35.5. The summed E-state index contributed by atoms with van der Waals surface area (Å²) in [6.45, 7) is 3.07. The second-order valence-corrected chi connectivity index (χ2v) is 10.3. The molecule has 1 atom stereocenters. The van der Waals surface area contributed by atoms with E-state index in [1.165, 1.54) is 0 Å². The number of nitrogens with zero attached hydrogens (tertiary/aromatic N) is 1. The first-order chi connectivity index (χ1) is 14.4. The number of amides is 1. The molecular formula is C23H28ClNO4S. The molecule has 1 fully saturated rings. The summed E-state index contributed by atoms with van der Waals surface area (Å²) in [5.74, 6) is 0.620. The minimum absolute atomic E-state index is 0.0121. The van der Waals surface area contributed by atoms with Crippen LogP contribution < -0.4 is 4.74 Å². The summed E-state index contributed by atoms with van der Waals surface area (Å²) in [4.78, 5) is 15.0. The van der Waals surface area contributed by atoms with Gasteiger partial charge in [0.25, 0.3) is 5.91 Å². The molecule has 1 unspecified atom stereocenters. The maximum absolute atomic E-state index is 13.3. The molecule has 3 rings (SSSR count). The lowest BCUT2D eigenvalue weighted by Gasteiger charge is -2.29. The van der Waals surface area contributed by atoms with Gasteiger partial charge in [0, 0.05) is 23.2 Å². The van der Waals surface area contributed by atoms with Crippen LogP contribution in [0.3, 0.4) is 0 Å². The molecule has 0 N–H and O–H groups in total. The lowest BCUT2D eigenvalue weighted by Crippen LogP contribution is -2.40. The van der Waals surface area contributed by atoms with Crippen molar-refractivity contribution in [1.29, 1.82) is 0 Å². The summed E-state index contributed by atoms with van der Waals surface area (Å²) < 4.78 is 29.8. The van der Waals surface area contributed by atoms with Crippen molar-refractivity contribution in [3.63, 3.8) is 0 Å². The van der Waals surface area contributed by atoms with Gasteiger partial charge in [-0.2, -0.15) is 0 Å². The largest absolute Gasteiger partial charge is 0.494 e. The van der Waals surface area contributed by atoms with E-state index in [9.17, 15) is 13.2 Å². The molecule has 0 bridgehead atoms. The fourth-order valence-electron chi connectivity index (χ4n) is 3.60. The highest BCUT2D eigenvalue weighted by Gasteiger charge is 2.35. The number of ether oxygens (including phenoxy) is 1. The lowest BCUT2D eigenvalue weighted by atomic mass is 10.1. The van der Waals surface area contributed by atoms with Crippen molar-refractivity contribution in [1.82, 2.24) is 4.90 Å². The van der Waals surface area contributed by atoms with Gasteiger partial charge in [-0.3, -0.25) is 4.79 Å². The third-order valence-electron chi connectivity index (χ3n) is 5.33. The predicted octanol–water partition coefficient (Wildman–Crippen LogP) is 4.74. The molecule has 1 amide bonds. The topological polar surface area (TPSA) is 63.7 Å². The molecule has 1 aliphatic heterocycles. The van der Waals surface area contributed by atoms with Gasteiger partial charge in [0.15, 0.2) is 9.84 Å². The second-order valence-electron chi connectivity index (χ2n) is 7.66. The summed E-state index contributed by atoms with van der Waals surface area (Å²) in [5, 5.41) is 0.562. The molecule has 30 heavy (non-hydrogen) atoms. The molecule has 2 aromatic carbocycles. The molecule has 7 heteroatoms. The Morgan fingerprint density at radius 3 is 2.50 bits per heavy atom. The van der Waals surface area contributed by atoms with Crippen LogP contribution in [0, 0.1) is 0 Å². The molecule has 2 aromatic rings. The van der Waals surface area contributed by atoms with Crippen LogP contribution in [0.5, 0.6) is 5.75 Å². The van der Waals surface area contributed by atoms with E-state index in [0.717, 1.165) is 30.6 Å². The van der Waals surface area contributed by atoms with Crippen molar-refractivity contribution in [2.75, 3.05) is 18.1 Å². The summed E-state index contributed by atoms with van der Waals surface area (Å²) >= 11 is 6.30. The molecule has 1 heterocycles. The van der Waals surface area contributed by atoms with Gasteiger partial charge in [-0.25, -0.2) is 8.42 Å². The van der Waals surface area contributed by atoms with Crippen molar-refractivity contribution < 1.29 is 17.9 Å². The zero-order chi connectivity index (χ0) is 21.6. The number of hydrogen-bond donors (Lipinski definition) is 0. The minimum Gasteiger partial charge on any atom is -0.494 e. The third kappa shape index (κ3) is 5.99. The van der Waals surface area contributed by atoms with E-state index in [0.29, 0.717) is 23.6 Å². The molecular weight excluding hydrogens is 422 g/mol. The van der Waals surface area contributed by atoms with E-state index in [4.69, 9.17) is 16.3 Å². The van der Waals surface area contributed by atoms with Crippen LogP contribution in [0.2, 0.25) is 5.02 Å². The van der Waals surface area contributed by atoms with Gasteiger partial charge in [-0.15, -0.1) is 0 Å². The Hall–Kier alpha value is -2.05. The van der Waals surface area contributed by atoms with Crippen LogP contribution in [0.4, 0.5) is 0 Å². The Balaban J connectivity index is 1.77. The standard InChI is InChI=1S/C23H28ClNO4S/c1-2-3-6-14-29-21-11-9-18(10-12-21)23(26)25(20-13-15-30(27,28)17-20)16-19-7-4-5-8-22(19)24/h4-5,7-12,20H,2-3,6,13-17H2,1H3. The number of rotatable bonds is 9. The van der Waals surface area contributed by atoms with Crippen LogP contribution in [-0.4, -0.2) is 43.4 Å². The maximum atomic E-state index is 13.3. The maximum Gasteiger partial charge on any atom is 0.254 e. The number of halogens is 1. The van der Waals surface area contributed by atoms with Gasteiger partial charge < -0.3 is 9.64 Å². The summed E-state index contributed by atoms with van der Waals surface area (Å²) in [7, 11) is -3.13. The Bertz CT molecular complexity index is 959. The van der Waals surface area contributed by atoms with Crippen LogP contribution in [0.15, 0.2) is 48.5 Å². The SMILES string of the molecule is CCCCCOc1ccc(C(=O)N(Cc2ccccc2Cl)C2CCS(=O)(=O)C2)cc1. The van der Waals surface area contributed by atoms with E-state index < -0.39 is 9.84 Å². The first kappa shape index (κ1) is 22.6. The Labute approximate surface area is 183 Å². The second kappa shape index (κ2) is 10.3. The van der Waals surface area contributed by atoms with Gasteiger partial charge in [-0.05, 0) is 48.7 Å². The molecule has 5 nitrogen and oxygen atoms in total. The minimum atomic E-state index is -3.13. The quantitative estimate of drug-likeness (QED) is 0.519. The smallest absolute Gasteiger partial charge is 0.254 e. The molecule has 0 spiro atoms. The van der Waals surface area contributed by atoms with Crippen LogP contribution >= 0.6 is 11.6 Å². The Morgan fingerprint density at radius 1 is 1.13 bits per heavy atom. The zero-order valence-corrected chi connectivity index (χ0v) is 18.8. The normalized spacial score (nSPS) is 17.6. The molecule has 0 saturated carbocycles.